The summed E-state index contributed by atoms with van der Waals surface area (Å²) in [6.07, 6.45) is -3.85. The Bertz CT molecular complexity index is 607. The zero-order valence-electron chi connectivity index (χ0n) is 17.3. The van der Waals surface area contributed by atoms with Gasteiger partial charge in [-0.2, -0.15) is 13.2 Å². The maximum Gasteiger partial charge on any atom is 0.390 e. The van der Waals surface area contributed by atoms with Gasteiger partial charge in [0.15, 0.2) is 5.96 Å². The van der Waals surface area contributed by atoms with E-state index >= 15 is 0 Å². The molecule has 2 rings (SSSR count). The van der Waals surface area contributed by atoms with Crippen LogP contribution in [0.15, 0.2) is 29.3 Å². The first-order valence-corrected chi connectivity index (χ1v) is 9.93. The fourth-order valence-corrected chi connectivity index (χ4v) is 3.10. The SMILES string of the molecule is CCNC(=NCc1ccc(CN2CCCN(C)CC2)cc1)NCCC(F)(F)F.I. The number of nitrogens with one attached hydrogen (secondary N) is 2. The van der Waals surface area contributed by atoms with Gasteiger partial charge in [0.05, 0.1) is 13.0 Å². The number of hydrogen-bond acceptors (Lipinski definition) is 3. The summed E-state index contributed by atoms with van der Waals surface area (Å²) in [5.41, 5.74) is 2.31. The number of alkyl halides is 3. The smallest absolute Gasteiger partial charge is 0.357 e. The number of guanidine groups is 1. The van der Waals surface area contributed by atoms with E-state index in [0.717, 1.165) is 38.3 Å². The lowest BCUT2D eigenvalue weighted by Crippen LogP contribution is -2.38. The Morgan fingerprint density at radius 2 is 1.72 bits per heavy atom. The molecule has 0 saturated carbocycles. The zero-order chi connectivity index (χ0) is 20.4. The molecule has 0 spiro atoms. The first-order chi connectivity index (χ1) is 13.4. The highest BCUT2D eigenvalue weighted by atomic mass is 127. The topological polar surface area (TPSA) is 42.9 Å². The molecular weight excluding hydrogens is 494 g/mol. The molecule has 1 saturated heterocycles. The van der Waals surface area contributed by atoms with E-state index in [0.29, 0.717) is 19.0 Å². The third-order valence-electron chi connectivity index (χ3n) is 4.71. The third kappa shape index (κ3) is 11.0. The second kappa shape index (κ2) is 13.3. The highest BCUT2D eigenvalue weighted by Crippen LogP contribution is 2.18. The molecule has 29 heavy (non-hydrogen) atoms. The molecule has 0 aromatic heterocycles. The van der Waals surface area contributed by atoms with Crippen molar-refractivity contribution < 1.29 is 13.2 Å². The van der Waals surface area contributed by atoms with Gasteiger partial charge in [0.2, 0.25) is 0 Å². The highest BCUT2D eigenvalue weighted by molar-refractivity contribution is 14.0. The van der Waals surface area contributed by atoms with Crippen molar-refractivity contribution in [3.8, 4) is 0 Å². The number of rotatable bonds is 7. The van der Waals surface area contributed by atoms with E-state index in [-0.39, 0.29) is 30.5 Å². The Kier molecular flexibility index (Phi) is 11.9. The van der Waals surface area contributed by atoms with Crippen molar-refractivity contribution in [3.63, 3.8) is 0 Å². The predicted molar refractivity (Wildman–Crippen MR) is 123 cm³/mol. The average molecular weight is 527 g/mol. The number of nitrogens with zero attached hydrogens (tertiary/aromatic N) is 3. The maximum atomic E-state index is 12.3. The van der Waals surface area contributed by atoms with Crippen molar-refractivity contribution in [1.29, 1.82) is 0 Å². The first-order valence-electron chi connectivity index (χ1n) is 9.93. The van der Waals surface area contributed by atoms with Crippen LogP contribution in [0.25, 0.3) is 0 Å². The van der Waals surface area contributed by atoms with E-state index in [9.17, 15) is 13.2 Å². The van der Waals surface area contributed by atoms with Gasteiger partial charge in [0.1, 0.15) is 0 Å². The molecule has 0 unspecified atom stereocenters. The van der Waals surface area contributed by atoms with Crippen molar-refractivity contribution >= 4 is 29.9 Å². The molecule has 5 nitrogen and oxygen atoms in total. The number of benzene rings is 1. The minimum absolute atomic E-state index is 0. The van der Waals surface area contributed by atoms with Gasteiger partial charge in [-0.1, -0.05) is 24.3 Å². The predicted octanol–water partition coefficient (Wildman–Crippen LogP) is 3.45. The number of aliphatic imine (C=N–C) groups is 1. The normalized spacial score (nSPS) is 16.8. The quantitative estimate of drug-likeness (QED) is 0.324. The Morgan fingerprint density at radius 1 is 1.03 bits per heavy atom. The summed E-state index contributed by atoms with van der Waals surface area (Å²) in [5, 5.41) is 5.71. The summed E-state index contributed by atoms with van der Waals surface area (Å²) in [6, 6.07) is 8.32. The van der Waals surface area contributed by atoms with Crippen molar-refractivity contribution in [1.82, 2.24) is 20.4 Å². The van der Waals surface area contributed by atoms with Gasteiger partial charge in [0.25, 0.3) is 0 Å². The maximum absolute atomic E-state index is 12.3. The van der Waals surface area contributed by atoms with Gasteiger partial charge in [-0.3, -0.25) is 4.90 Å². The molecule has 1 aromatic rings. The van der Waals surface area contributed by atoms with Crippen LogP contribution in [0, 0.1) is 0 Å². The Hall–Kier alpha value is -1.07. The highest BCUT2D eigenvalue weighted by Gasteiger charge is 2.26. The van der Waals surface area contributed by atoms with Crippen LogP contribution in [0.1, 0.15) is 30.9 Å². The van der Waals surface area contributed by atoms with Crippen molar-refractivity contribution in [2.75, 3.05) is 46.3 Å². The molecular formula is C20H33F3IN5. The van der Waals surface area contributed by atoms with Gasteiger partial charge >= 0.3 is 6.18 Å². The van der Waals surface area contributed by atoms with Crippen LogP contribution in [-0.2, 0) is 13.1 Å². The Balaban J connectivity index is 0.00000420. The summed E-state index contributed by atoms with van der Waals surface area (Å²) in [6.45, 7) is 8.12. The van der Waals surface area contributed by atoms with Crippen LogP contribution < -0.4 is 10.6 Å². The van der Waals surface area contributed by atoms with Crippen LogP contribution in [0.3, 0.4) is 0 Å². The molecule has 1 heterocycles. The fourth-order valence-electron chi connectivity index (χ4n) is 3.10. The molecule has 0 aliphatic carbocycles. The minimum atomic E-state index is -4.16. The van der Waals surface area contributed by atoms with Crippen LogP contribution in [0.5, 0.6) is 0 Å². The van der Waals surface area contributed by atoms with Crippen LogP contribution >= 0.6 is 24.0 Å². The zero-order valence-corrected chi connectivity index (χ0v) is 19.6. The van der Waals surface area contributed by atoms with E-state index in [1.807, 2.05) is 19.1 Å². The molecule has 9 heteroatoms. The lowest BCUT2D eigenvalue weighted by molar-refractivity contribution is -0.132. The molecule has 1 aliphatic rings. The summed E-state index contributed by atoms with van der Waals surface area (Å²) < 4.78 is 36.9. The van der Waals surface area contributed by atoms with Gasteiger partial charge in [-0.05, 0) is 44.6 Å². The van der Waals surface area contributed by atoms with E-state index < -0.39 is 12.6 Å². The molecule has 0 atom stereocenters. The van der Waals surface area contributed by atoms with E-state index in [1.165, 1.54) is 12.0 Å². The van der Waals surface area contributed by atoms with Gasteiger partial charge in [-0.15, -0.1) is 24.0 Å². The second-order valence-corrected chi connectivity index (χ2v) is 7.24. The molecule has 1 aromatic carbocycles. The fraction of sp³-hybridized carbons (Fsp3) is 0.650. The average Bonchev–Trinajstić information content (AvgIpc) is 2.84. The van der Waals surface area contributed by atoms with E-state index in [1.54, 1.807) is 0 Å². The molecule has 1 aliphatic heterocycles. The van der Waals surface area contributed by atoms with Gasteiger partial charge < -0.3 is 15.5 Å². The first kappa shape index (κ1) is 26.0. The summed E-state index contributed by atoms with van der Waals surface area (Å²) in [7, 11) is 2.17. The summed E-state index contributed by atoms with van der Waals surface area (Å²) in [4.78, 5) is 9.22. The minimum Gasteiger partial charge on any atom is -0.357 e. The summed E-state index contributed by atoms with van der Waals surface area (Å²) >= 11 is 0. The Morgan fingerprint density at radius 3 is 2.38 bits per heavy atom. The van der Waals surface area contributed by atoms with Crippen molar-refractivity contribution in [2.24, 2.45) is 4.99 Å². The largest absolute Gasteiger partial charge is 0.390 e. The van der Waals surface area contributed by atoms with Crippen molar-refractivity contribution in [2.45, 2.75) is 39.0 Å². The van der Waals surface area contributed by atoms with E-state index in [2.05, 4.69) is 44.6 Å². The van der Waals surface area contributed by atoms with Crippen LogP contribution in [-0.4, -0.2) is 68.3 Å². The monoisotopic (exact) mass is 527 g/mol. The second-order valence-electron chi connectivity index (χ2n) is 7.24. The van der Waals surface area contributed by atoms with Crippen molar-refractivity contribution in [3.05, 3.63) is 35.4 Å². The van der Waals surface area contributed by atoms with Crippen LogP contribution in [0.2, 0.25) is 0 Å². The molecule has 1 fully saturated rings. The lowest BCUT2D eigenvalue weighted by atomic mass is 10.1. The molecule has 0 radical (unpaired) electrons. The molecule has 0 bridgehead atoms. The van der Waals surface area contributed by atoms with Gasteiger partial charge in [-0.25, -0.2) is 4.99 Å². The summed E-state index contributed by atoms with van der Waals surface area (Å²) in [5.74, 6) is 0.407. The molecule has 0 amide bonds. The standard InChI is InChI=1S/C20H32F3N5.HI/c1-3-24-19(25-10-9-20(21,22)23)26-15-17-5-7-18(8-6-17)16-28-12-4-11-27(2)13-14-28;/h5-8H,3-4,9-16H2,1-2H3,(H2,24,25,26);1H. The third-order valence-corrected chi connectivity index (χ3v) is 4.71. The Labute approximate surface area is 189 Å². The molecule has 2 N–H and O–H groups in total. The van der Waals surface area contributed by atoms with Crippen LogP contribution in [0.4, 0.5) is 13.2 Å². The van der Waals surface area contributed by atoms with E-state index in [4.69, 9.17) is 0 Å². The number of likely N-dealkylation sites (N-methyl/N-ethyl adjacent to an activating group) is 1. The van der Waals surface area contributed by atoms with Gasteiger partial charge in [0, 0.05) is 32.7 Å². The molecule has 166 valence electrons. The number of hydrogen-bond donors (Lipinski definition) is 2. The lowest BCUT2D eigenvalue weighted by Gasteiger charge is -2.20. The number of halogens is 4.